The molecule has 0 spiro atoms. The summed E-state index contributed by atoms with van der Waals surface area (Å²) in [6.45, 7) is 3.91. The molecule has 0 saturated carbocycles. The molecular weight excluding hydrogens is 274 g/mol. The molecule has 0 atom stereocenters. The summed E-state index contributed by atoms with van der Waals surface area (Å²) in [4.78, 5) is 20.4. The maximum Gasteiger partial charge on any atom is 0.303 e. The first-order valence-corrected chi connectivity index (χ1v) is 7.20. The van der Waals surface area contributed by atoms with Crippen LogP contribution >= 0.6 is 11.3 Å². The van der Waals surface area contributed by atoms with Gasteiger partial charge in [-0.3, -0.25) is 9.78 Å². The molecule has 0 aliphatic heterocycles. The SMILES string of the molecule is CC(C)(CCC(=O)O)Nc1cncc(-c2cccs2)n1. The van der Waals surface area contributed by atoms with Crippen LogP contribution in [0.5, 0.6) is 0 Å². The van der Waals surface area contributed by atoms with Gasteiger partial charge < -0.3 is 10.4 Å². The highest BCUT2D eigenvalue weighted by Crippen LogP contribution is 2.24. The lowest BCUT2D eigenvalue weighted by molar-refractivity contribution is -0.137. The number of nitrogens with zero attached hydrogens (tertiary/aromatic N) is 2. The quantitative estimate of drug-likeness (QED) is 0.854. The van der Waals surface area contributed by atoms with Gasteiger partial charge in [0.15, 0.2) is 0 Å². The molecule has 6 heteroatoms. The molecule has 0 saturated heterocycles. The molecule has 20 heavy (non-hydrogen) atoms. The Labute approximate surface area is 121 Å². The topological polar surface area (TPSA) is 75.1 Å². The number of hydrogen-bond acceptors (Lipinski definition) is 5. The third-order valence-corrected chi connectivity index (χ3v) is 3.73. The fourth-order valence-corrected chi connectivity index (χ4v) is 2.48. The van der Waals surface area contributed by atoms with Crippen molar-refractivity contribution in [2.24, 2.45) is 0 Å². The van der Waals surface area contributed by atoms with E-state index in [0.717, 1.165) is 10.6 Å². The minimum absolute atomic E-state index is 0.123. The predicted molar refractivity (Wildman–Crippen MR) is 79.9 cm³/mol. The maximum atomic E-state index is 10.7. The standard InChI is InChI=1S/C14H17N3O2S/c1-14(2,6-5-13(18)19)17-12-9-15-8-10(16-12)11-4-3-7-20-11/h3-4,7-9H,5-6H2,1-2H3,(H,16,17)(H,18,19). The lowest BCUT2D eigenvalue weighted by Crippen LogP contribution is -2.32. The Bertz CT molecular complexity index is 582. The molecular formula is C14H17N3O2S. The van der Waals surface area contributed by atoms with Gasteiger partial charge in [-0.2, -0.15) is 0 Å². The number of thiophene rings is 1. The van der Waals surface area contributed by atoms with Crippen molar-refractivity contribution in [2.75, 3.05) is 5.32 Å². The van der Waals surface area contributed by atoms with Gasteiger partial charge in [0.1, 0.15) is 11.5 Å². The van der Waals surface area contributed by atoms with Gasteiger partial charge in [-0.1, -0.05) is 6.07 Å². The van der Waals surface area contributed by atoms with Crippen LogP contribution in [0.1, 0.15) is 26.7 Å². The Morgan fingerprint density at radius 2 is 2.25 bits per heavy atom. The third-order valence-electron chi connectivity index (χ3n) is 2.84. The molecule has 2 aromatic heterocycles. The Kier molecular flexibility index (Phi) is 4.34. The molecule has 2 aromatic rings. The summed E-state index contributed by atoms with van der Waals surface area (Å²) in [5.41, 5.74) is 0.472. The number of aliphatic carboxylic acids is 1. The monoisotopic (exact) mass is 291 g/mol. The van der Waals surface area contributed by atoms with Gasteiger partial charge in [0, 0.05) is 12.0 Å². The fraction of sp³-hybridized carbons (Fsp3) is 0.357. The van der Waals surface area contributed by atoms with E-state index in [0.29, 0.717) is 12.2 Å². The summed E-state index contributed by atoms with van der Waals surface area (Å²) < 4.78 is 0. The minimum atomic E-state index is -0.793. The van der Waals surface area contributed by atoms with E-state index in [1.54, 1.807) is 23.7 Å². The fourth-order valence-electron chi connectivity index (χ4n) is 1.80. The van der Waals surface area contributed by atoms with Crippen molar-refractivity contribution >= 4 is 23.1 Å². The molecule has 2 rings (SSSR count). The number of aromatic nitrogens is 2. The Morgan fingerprint density at radius 1 is 1.45 bits per heavy atom. The Hall–Kier alpha value is -1.95. The van der Waals surface area contributed by atoms with E-state index in [1.165, 1.54) is 0 Å². The van der Waals surface area contributed by atoms with Crippen molar-refractivity contribution in [1.29, 1.82) is 0 Å². The van der Waals surface area contributed by atoms with Gasteiger partial charge in [0.25, 0.3) is 0 Å². The van der Waals surface area contributed by atoms with E-state index in [-0.39, 0.29) is 12.0 Å². The van der Waals surface area contributed by atoms with Gasteiger partial charge in [0.2, 0.25) is 0 Å². The summed E-state index contributed by atoms with van der Waals surface area (Å²) in [5.74, 6) is -0.135. The number of anilines is 1. The molecule has 0 aromatic carbocycles. The van der Waals surface area contributed by atoms with E-state index < -0.39 is 5.97 Å². The molecule has 0 unspecified atom stereocenters. The van der Waals surface area contributed by atoms with Crippen LogP contribution in [0.3, 0.4) is 0 Å². The summed E-state index contributed by atoms with van der Waals surface area (Å²) in [6.07, 6.45) is 4.02. The van der Waals surface area contributed by atoms with Gasteiger partial charge in [-0.15, -0.1) is 11.3 Å². The average molecular weight is 291 g/mol. The zero-order chi connectivity index (χ0) is 14.6. The number of nitrogens with one attached hydrogen (secondary N) is 1. The van der Waals surface area contributed by atoms with Gasteiger partial charge in [-0.25, -0.2) is 4.98 Å². The molecule has 0 aliphatic carbocycles. The zero-order valence-corrected chi connectivity index (χ0v) is 12.3. The number of carboxylic acids is 1. The molecule has 0 amide bonds. The van der Waals surface area contributed by atoms with Crippen molar-refractivity contribution in [1.82, 2.24) is 9.97 Å². The van der Waals surface area contributed by atoms with Gasteiger partial charge in [-0.05, 0) is 31.7 Å². The summed E-state index contributed by atoms with van der Waals surface area (Å²) in [6, 6.07) is 3.96. The van der Waals surface area contributed by atoms with E-state index in [2.05, 4.69) is 15.3 Å². The largest absolute Gasteiger partial charge is 0.481 e. The lowest BCUT2D eigenvalue weighted by Gasteiger charge is -2.26. The Balaban J connectivity index is 2.09. The first-order chi connectivity index (χ1) is 9.46. The van der Waals surface area contributed by atoms with Crippen molar-refractivity contribution in [3.63, 3.8) is 0 Å². The van der Waals surface area contributed by atoms with E-state index in [1.807, 2.05) is 31.4 Å². The van der Waals surface area contributed by atoms with Crippen molar-refractivity contribution < 1.29 is 9.90 Å². The highest BCUT2D eigenvalue weighted by atomic mass is 32.1. The predicted octanol–water partition coefficient (Wildman–Crippen LogP) is 3.26. The first kappa shape index (κ1) is 14.5. The number of carbonyl (C=O) groups is 1. The average Bonchev–Trinajstić information content (AvgIpc) is 2.90. The normalized spacial score (nSPS) is 11.3. The van der Waals surface area contributed by atoms with Crippen molar-refractivity contribution in [3.8, 4) is 10.6 Å². The number of hydrogen-bond donors (Lipinski definition) is 2. The second-order valence-electron chi connectivity index (χ2n) is 5.17. The Morgan fingerprint density at radius 3 is 2.90 bits per heavy atom. The highest BCUT2D eigenvalue weighted by molar-refractivity contribution is 7.13. The van der Waals surface area contributed by atoms with Crippen LogP contribution in [-0.4, -0.2) is 26.6 Å². The lowest BCUT2D eigenvalue weighted by atomic mass is 9.98. The maximum absolute atomic E-state index is 10.7. The molecule has 2 N–H and O–H groups in total. The number of carboxylic acid groups (broad SMARTS) is 1. The summed E-state index contributed by atoms with van der Waals surface area (Å²) >= 11 is 1.61. The molecule has 106 valence electrons. The second kappa shape index (κ2) is 6.00. The minimum Gasteiger partial charge on any atom is -0.481 e. The van der Waals surface area contributed by atoms with Crippen LogP contribution in [0.25, 0.3) is 10.6 Å². The van der Waals surface area contributed by atoms with Crippen LogP contribution in [0.4, 0.5) is 5.82 Å². The molecule has 5 nitrogen and oxygen atoms in total. The molecule has 2 heterocycles. The molecule has 0 aliphatic rings. The zero-order valence-electron chi connectivity index (χ0n) is 11.5. The van der Waals surface area contributed by atoms with Gasteiger partial charge in [0.05, 0.1) is 17.3 Å². The van der Waals surface area contributed by atoms with Crippen LogP contribution in [0.2, 0.25) is 0 Å². The summed E-state index contributed by atoms with van der Waals surface area (Å²) in [7, 11) is 0. The van der Waals surface area contributed by atoms with Crippen LogP contribution < -0.4 is 5.32 Å². The van der Waals surface area contributed by atoms with E-state index >= 15 is 0 Å². The second-order valence-corrected chi connectivity index (χ2v) is 6.12. The van der Waals surface area contributed by atoms with Gasteiger partial charge >= 0.3 is 5.97 Å². The van der Waals surface area contributed by atoms with Crippen LogP contribution in [-0.2, 0) is 4.79 Å². The smallest absolute Gasteiger partial charge is 0.303 e. The van der Waals surface area contributed by atoms with Crippen molar-refractivity contribution in [3.05, 3.63) is 29.9 Å². The number of rotatable bonds is 6. The summed E-state index contributed by atoms with van der Waals surface area (Å²) in [5, 5.41) is 14.0. The molecule has 0 fully saturated rings. The molecule has 0 radical (unpaired) electrons. The third kappa shape index (κ3) is 4.03. The highest BCUT2D eigenvalue weighted by Gasteiger charge is 2.19. The van der Waals surface area contributed by atoms with Crippen molar-refractivity contribution in [2.45, 2.75) is 32.2 Å². The van der Waals surface area contributed by atoms with Crippen LogP contribution in [0, 0.1) is 0 Å². The van der Waals surface area contributed by atoms with E-state index in [9.17, 15) is 4.79 Å². The first-order valence-electron chi connectivity index (χ1n) is 6.32. The van der Waals surface area contributed by atoms with Crippen LogP contribution in [0.15, 0.2) is 29.9 Å². The molecule has 0 bridgehead atoms. The van der Waals surface area contributed by atoms with E-state index in [4.69, 9.17) is 5.11 Å².